The van der Waals surface area contributed by atoms with E-state index in [-0.39, 0.29) is 11.3 Å². The van der Waals surface area contributed by atoms with E-state index in [9.17, 15) is 4.79 Å². The molecule has 0 radical (unpaired) electrons. The van der Waals surface area contributed by atoms with E-state index in [1.165, 1.54) is 0 Å². The van der Waals surface area contributed by atoms with E-state index in [0.717, 1.165) is 25.1 Å². The maximum Gasteiger partial charge on any atom is 0.233 e. The fraction of sp³-hybridized carbons (Fsp3) is 0.667. The third kappa shape index (κ3) is 1.11. The lowest BCUT2D eigenvalue weighted by Crippen LogP contribution is -2.36. The van der Waals surface area contributed by atoms with Crippen LogP contribution in [0, 0.1) is 5.41 Å². The van der Waals surface area contributed by atoms with Gasteiger partial charge in [-0.2, -0.15) is 0 Å². The Morgan fingerprint density at radius 3 is 3.06 bits per heavy atom. The summed E-state index contributed by atoms with van der Waals surface area (Å²) in [4.78, 5) is 16.4. The largest absolute Gasteiger partial charge is 0.371 e. The maximum absolute atomic E-state index is 12.4. The van der Waals surface area contributed by atoms with Gasteiger partial charge in [0.2, 0.25) is 5.91 Å². The molecule has 3 saturated heterocycles. The van der Waals surface area contributed by atoms with Gasteiger partial charge in [-0.25, -0.2) is 0 Å². The number of nitrogens with zero attached hydrogens (tertiary/aromatic N) is 2. The van der Waals surface area contributed by atoms with E-state index < -0.39 is 0 Å². The van der Waals surface area contributed by atoms with E-state index in [0.29, 0.717) is 19.4 Å². The summed E-state index contributed by atoms with van der Waals surface area (Å²) in [7, 11) is 2.01. The Balaban J connectivity index is 1.92. The summed E-state index contributed by atoms with van der Waals surface area (Å²) >= 11 is 0. The number of fused-ring (bicyclic) bond motifs is 1. The summed E-state index contributed by atoms with van der Waals surface area (Å²) in [5, 5.41) is 0. The Hall–Kier alpha value is -1.25. The number of amides is 1. The summed E-state index contributed by atoms with van der Waals surface area (Å²) in [5.41, 5.74) is 3.79. The topological polar surface area (TPSA) is 32.8 Å². The number of rotatable bonds is 0. The third-order valence-corrected chi connectivity index (χ3v) is 4.03. The molecule has 3 rings (SSSR count). The molecule has 0 aliphatic carbocycles. The minimum absolute atomic E-state index is 0.219. The van der Waals surface area contributed by atoms with Gasteiger partial charge in [-0.15, -0.1) is 5.73 Å². The van der Waals surface area contributed by atoms with Gasteiger partial charge in [0.25, 0.3) is 0 Å². The molecule has 0 aromatic carbocycles. The minimum atomic E-state index is -0.219. The van der Waals surface area contributed by atoms with Crippen molar-refractivity contribution in [1.82, 2.24) is 9.80 Å². The number of hydrogen-bond donors (Lipinski definition) is 0. The van der Waals surface area contributed by atoms with Gasteiger partial charge in [-0.1, -0.05) is 6.58 Å². The van der Waals surface area contributed by atoms with Crippen molar-refractivity contribution in [2.24, 2.45) is 5.41 Å². The number of hydrogen-bond acceptors (Lipinski definition) is 3. The molecular formula is C12H16N2O2. The Bertz CT molecular complexity index is 400. The van der Waals surface area contributed by atoms with Crippen molar-refractivity contribution >= 4 is 5.91 Å². The molecule has 0 aromatic rings. The van der Waals surface area contributed by atoms with Gasteiger partial charge >= 0.3 is 0 Å². The molecule has 0 aromatic heterocycles. The average Bonchev–Trinajstić information content (AvgIpc) is 2.88. The number of allylic oxidation sites excluding steroid dienone is 1. The van der Waals surface area contributed by atoms with E-state index >= 15 is 0 Å². The molecule has 3 fully saturated rings. The first-order chi connectivity index (χ1) is 7.66. The van der Waals surface area contributed by atoms with Crippen molar-refractivity contribution in [2.45, 2.75) is 18.9 Å². The van der Waals surface area contributed by atoms with Crippen LogP contribution in [0.5, 0.6) is 0 Å². The lowest BCUT2D eigenvalue weighted by atomic mass is 9.83. The van der Waals surface area contributed by atoms with Gasteiger partial charge in [-0.3, -0.25) is 4.79 Å². The van der Waals surface area contributed by atoms with E-state index in [1.807, 2.05) is 11.9 Å². The Morgan fingerprint density at radius 2 is 2.44 bits per heavy atom. The highest BCUT2D eigenvalue weighted by molar-refractivity contribution is 5.86. The predicted octanol–water partition coefficient (Wildman–Crippen LogP) is 0.566. The summed E-state index contributed by atoms with van der Waals surface area (Å²) < 4.78 is 5.32. The summed E-state index contributed by atoms with van der Waals surface area (Å²) in [6.07, 6.45) is 1.71. The van der Waals surface area contributed by atoms with Crippen molar-refractivity contribution in [1.29, 1.82) is 0 Å². The van der Waals surface area contributed by atoms with Crippen molar-refractivity contribution in [2.75, 3.05) is 26.9 Å². The van der Waals surface area contributed by atoms with Crippen LogP contribution in [0.1, 0.15) is 12.8 Å². The molecule has 0 bridgehead atoms. The van der Waals surface area contributed by atoms with Crippen molar-refractivity contribution in [3.05, 3.63) is 18.0 Å². The van der Waals surface area contributed by atoms with Crippen molar-refractivity contribution in [3.63, 3.8) is 0 Å². The zero-order valence-electron chi connectivity index (χ0n) is 9.53. The fourth-order valence-corrected chi connectivity index (χ4v) is 3.26. The molecule has 0 N–H and O–H groups in total. The molecule has 4 heteroatoms. The maximum atomic E-state index is 12.4. The Kier molecular flexibility index (Phi) is 1.94. The van der Waals surface area contributed by atoms with Gasteiger partial charge in [0.1, 0.15) is 6.73 Å². The summed E-state index contributed by atoms with van der Waals surface area (Å²) in [6.45, 7) is 5.67. The van der Waals surface area contributed by atoms with Gasteiger partial charge in [0, 0.05) is 20.0 Å². The van der Waals surface area contributed by atoms with Crippen LogP contribution in [0.15, 0.2) is 18.0 Å². The highest BCUT2D eigenvalue weighted by atomic mass is 16.5. The van der Waals surface area contributed by atoms with Gasteiger partial charge in [0.05, 0.1) is 23.8 Å². The Labute approximate surface area is 95.2 Å². The second-order valence-corrected chi connectivity index (χ2v) is 5.07. The van der Waals surface area contributed by atoms with Crippen LogP contribution in [0.4, 0.5) is 0 Å². The summed E-state index contributed by atoms with van der Waals surface area (Å²) in [6, 6.07) is 0.296. The average molecular weight is 220 g/mol. The van der Waals surface area contributed by atoms with Crippen LogP contribution in [0.2, 0.25) is 0 Å². The molecule has 1 amide bonds. The van der Waals surface area contributed by atoms with Crippen LogP contribution in [-0.2, 0) is 9.53 Å². The van der Waals surface area contributed by atoms with Crippen LogP contribution in [-0.4, -0.2) is 48.7 Å². The van der Waals surface area contributed by atoms with Gasteiger partial charge in [-0.05, 0) is 6.42 Å². The molecule has 2 atom stereocenters. The predicted molar refractivity (Wildman–Crippen MR) is 58.4 cm³/mol. The quantitative estimate of drug-likeness (QED) is 0.559. The van der Waals surface area contributed by atoms with Crippen molar-refractivity contribution < 1.29 is 9.53 Å². The monoisotopic (exact) mass is 220 g/mol. The zero-order valence-corrected chi connectivity index (χ0v) is 9.53. The smallest absolute Gasteiger partial charge is 0.233 e. The van der Waals surface area contributed by atoms with Crippen LogP contribution >= 0.6 is 0 Å². The first-order valence-electron chi connectivity index (χ1n) is 5.65. The second-order valence-electron chi connectivity index (χ2n) is 5.07. The molecule has 3 aliphatic heterocycles. The lowest BCUT2D eigenvalue weighted by molar-refractivity contribution is -0.137. The zero-order chi connectivity index (χ0) is 11.3. The van der Waals surface area contributed by atoms with Crippen LogP contribution in [0.25, 0.3) is 0 Å². The molecule has 0 saturated carbocycles. The number of carbonyl (C=O) groups is 1. The third-order valence-electron chi connectivity index (χ3n) is 4.03. The first-order valence-corrected chi connectivity index (χ1v) is 5.65. The lowest BCUT2D eigenvalue weighted by Gasteiger charge is -2.21. The molecule has 4 nitrogen and oxygen atoms in total. The van der Waals surface area contributed by atoms with E-state index in [2.05, 4.69) is 17.2 Å². The highest BCUT2D eigenvalue weighted by Crippen LogP contribution is 2.47. The van der Waals surface area contributed by atoms with Crippen LogP contribution < -0.4 is 0 Å². The number of likely N-dealkylation sites (tertiary alicyclic amines) is 1. The summed E-state index contributed by atoms with van der Waals surface area (Å²) in [5.74, 6) is 0.257. The van der Waals surface area contributed by atoms with E-state index in [1.54, 1.807) is 0 Å². The first kappa shape index (κ1) is 9.94. The van der Waals surface area contributed by atoms with E-state index in [4.69, 9.17) is 4.74 Å². The van der Waals surface area contributed by atoms with Crippen LogP contribution in [0.3, 0.4) is 0 Å². The minimum Gasteiger partial charge on any atom is -0.371 e. The molecule has 16 heavy (non-hydrogen) atoms. The molecule has 3 heterocycles. The molecular weight excluding hydrogens is 204 g/mol. The SMILES string of the molecule is C=C=C1CC2(CC3COCN3C2=O)CN1C. The van der Waals surface area contributed by atoms with Gasteiger partial charge in [0.15, 0.2) is 0 Å². The molecule has 2 unspecified atom stereocenters. The number of ether oxygens (including phenoxy) is 1. The molecule has 1 spiro atoms. The standard InChI is InChI=1S/C12H16N2O2/c1-3-9-4-12(7-13(9)2)5-10-6-16-8-14(10)11(12)15/h10H,1,4-8H2,2H3. The normalized spacial score (nSPS) is 37.4. The van der Waals surface area contributed by atoms with Gasteiger partial charge < -0.3 is 14.5 Å². The van der Waals surface area contributed by atoms with Crippen molar-refractivity contribution in [3.8, 4) is 0 Å². The second kappa shape index (κ2) is 3.12. The number of carbonyl (C=O) groups excluding carboxylic acids is 1. The Morgan fingerprint density at radius 1 is 1.62 bits per heavy atom. The molecule has 3 aliphatic rings. The highest BCUT2D eigenvalue weighted by Gasteiger charge is 2.56. The molecule has 86 valence electrons. The fourth-order valence-electron chi connectivity index (χ4n) is 3.26.